The first-order valence-electron chi connectivity index (χ1n) is 4.47. The van der Waals surface area contributed by atoms with Crippen molar-refractivity contribution < 1.29 is 14.3 Å². The van der Waals surface area contributed by atoms with E-state index in [2.05, 4.69) is 14.7 Å². The third-order valence-corrected chi connectivity index (χ3v) is 1.53. The van der Waals surface area contributed by atoms with E-state index in [1.807, 2.05) is 6.92 Å². The third kappa shape index (κ3) is 3.76. The minimum atomic E-state index is -0.413. The molecule has 0 fully saturated rings. The summed E-state index contributed by atoms with van der Waals surface area (Å²) >= 11 is 0. The van der Waals surface area contributed by atoms with Crippen molar-refractivity contribution in [2.24, 2.45) is 0 Å². The molecular weight excluding hydrogens is 196 g/mol. The van der Waals surface area contributed by atoms with Gasteiger partial charge in [0.05, 0.1) is 13.7 Å². The molecule has 0 aliphatic carbocycles. The Bertz CT molecular complexity index is 346. The number of hydrogen-bond acceptors (Lipinski definition) is 5. The summed E-state index contributed by atoms with van der Waals surface area (Å²) in [5.74, 6) is -0.413. The van der Waals surface area contributed by atoms with Gasteiger partial charge in [0.2, 0.25) is 0 Å². The molecule has 1 aromatic rings. The van der Waals surface area contributed by atoms with Gasteiger partial charge in [-0.25, -0.2) is 14.8 Å². The van der Waals surface area contributed by atoms with Crippen molar-refractivity contribution >= 4 is 12.0 Å². The van der Waals surface area contributed by atoms with Gasteiger partial charge in [-0.3, -0.25) is 0 Å². The molecular formula is C10H12N2O3. The van der Waals surface area contributed by atoms with Crippen molar-refractivity contribution in [1.29, 1.82) is 0 Å². The van der Waals surface area contributed by atoms with E-state index in [9.17, 15) is 4.79 Å². The van der Waals surface area contributed by atoms with Crippen molar-refractivity contribution in [3.8, 4) is 6.01 Å². The molecule has 1 heterocycles. The van der Waals surface area contributed by atoms with Gasteiger partial charge in [0.1, 0.15) is 0 Å². The topological polar surface area (TPSA) is 61.3 Å². The Labute approximate surface area is 87.8 Å². The van der Waals surface area contributed by atoms with Crippen LogP contribution in [0.25, 0.3) is 6.08 Å². The van der Waals surface area contributed by atoms with Crippen LogP contribution in [0.3, 0.4) is 0 Å². The molecule has 1 aromatic heterocycles. The molecule has 0 radical (unpaired) electrons. The van der Waals surface area contributed by atoms with Crippen molar-refractivity contribution in [2.75, 3.05) is 13.7 Å². The number of methoxy groups -OCH3 is 1. The molecule has 5 heteroatoms. The van der Waals surface area contributed by atoms with Crippen LogP contribution in [0.4, 0.5) is 0 Å². The zero-order valence-corrected chi connectivity index (χ0v) is 8.64. The number of hydrogen-bond donors (Lipinski definition) is 0. The molecule has 0 aliphatic rings. The number of nitrogens with zero attached hydrogens (tertiary/aromatic N) is 2. The van der Waals surface area contributed by atoms with Gasteiger partial charge in [-0.2, -0.15) is 0 Å². The molecule has 0 aromatic carbocycles. The van der Waals surface area contributed by atoms with Gasteiger partial charge < -0.3 is 9.47 Å². The zero-order valence-electron chi connectivity index (χ0n) is 8.64. The van der Waals surface area contributed by atoms with Gasteiger partial charge in [0.25, 0.3) is 0 Å². The molecule has 0 saturated carbocycles. The summed E-state index contributed by atoms with van der Waals surface area (Å²) in [4.78, 5) is 18.7. The van der Waals surface area contributed by atoms with Crippen molar-refractivity contribution in [2.45, 2.75) is 6.92 Å². The molecule has 1 rings (SSSR count). The first-order chi connectivity index (χ1) is 7.26. The van der Waals surface area contributed by atoms with E-state index >= 15 is 0 Å². The first-order valence-corrected chi connectivity index (χ1v) is 4.47. The maximum atomic E-state index is 10.8. The van der Waals surface area contributed by atoms with Crippen LogP contribution in [-0.2, 0) is 9.53 Å². The summed E-state index contributed by atoms with van der Waals surface area (Å²) in [6.07, 6.45) is 6.01. The Hall–Kier alpha value is -1.91. The molecule has 0 amide bonds. The normalized spacial score (nSPS) is 10.3. The minimum Gasteiger partial charge on any atom is -0.466 e. The molecule has 15 heavy (non-hydrogen) atoms. The number of ether oxygens (including phenoxy) is 2. The second-order valence-electron chi connectivity index (χ2n) is 2.59. The Morgan fingerprint density at radius 3 is 2.67 bits per heavy atom. The number of aromatic nitrogens is 2. The van der Waals surface area contributed by atoms with Crippen LogP contribution in [0.2, 0.25) is 0 Å². The number of carbonyl (C=O) groups is 1. The number of rotatable bonds is 4. The van der Waals surface area contributed by atoms with E-state index in [4.69, 9.17) is 4.74 Å². The average Bonchev–Trinajstić information content (AvgIpc) is 2.28. The lowest BCUT2D eigenvalue weighted by molar-refractivity contribution is -0.134. The summed E-state index contributed by atoms with van der Waals surface area (Å²) in [5.41, 5.74) is 0.712. The highest BCUT2D eigenvalue weighted by Gasteiger charge is 1.96. The SMILES string of the molecule is CCOc1ncc(C=CC(=O)OC)cn1. The fourth-order valence-corrected chi connectivity index (χ4v) is 0.848. The monoisotopic (exact) mass is 208 g/mol. The maximum absolute atomic E-state index is 10.8. The fraction of sp³-hybridized carbons (Fsp3) is 0.300. The highest BCUT2D eigenvalue weighted by molar-refractivity contribution is 5.86. The molecule has 0 saturated heterocycles. The summed E-state index contributed by atoms with van der Waals surface area (Å²) in [6, 6.07) is 0.327. The largest absolute Gasteiger partial charge is 0.466 e. The van der Waals surface area contributed by atoms with Crippen LogP contribution in [0.15, 0.2) is 18.5 Å². The zero-order chi connectivity index (χ0) is 11.1. The summed E-state index contributed by atoms with van der Waals surface area (Å²) in [6.45, 7) is 2.38. The van der Waals surface area contributed by atoms with E-state index in [0.29, 0.717) is 18.2 Å². The van der Waals surface area contributed by atoms with Crippen molar-refractivity contribution in [1.82, 2.24) is 9.97 Å². The molecule has 5 nitrogen and oxygen atoms in total. The summed E-state index contributed by atoms with van der Waals surface area (Å²) in [7, 11) is 1.32. The second-order valence-corrected chi connectivity index (χ2v) is 2.59. The van der Waals surface area contributed by atoms with E-state index in [-0.39, 0.29) is 0 Å². The lowest BCUT2D eigenvalue weighted by atomic mass is 10.3. The van der Waals surface area contributed by atoms with Gasteiger partial charge >= 0.3 is 12.0 Å². The Morgan fingerprint density at radius 1 is 1.47 bits per heavy atom. The standard InChI is InChI=1S/C10H12N2O3/c1-3-15-10-11-6-8(7-12-10)4-5-9(13)14-2/h4-7H,3H2,1-2H3. The van der Waals surface area contributed by atoms with Gasteiger partial charge in [-0.15, -0.1) is 0 Å². The molecule has 0 bridgehead atoms. The third-order valence-electron chi connectivity index (χ3n) is 1.53. The molecule has 0 N–H and O–H groups in total. The highest BCUT2D eigenvalue weighted by Crippen LogP contribution is 2.04. The Balaban J connectivity index is 2.64. The minimum absolute atomic E-state index is 0.327. The smallest absolute Gasteiger partial charge is 0.330 e. The van der Waals surface area contributed by atoms with Crippen molar-refractivity contribution in [3.63, 3.8) is 0 Å². The lowest BCUT2D eigenvalue weighted by Gasteiger charge is -1.99. The van der Waals surface area contributed by atoms with E-state index in [0.717, 1.165) is 0 Å². The van der Waals surface area contributed by atoms with Gasteiger partial charge in [-0.1, -0.05) is 0 Å². The first kappa shape index (κ1) is 11.2. The number of esters is 1. The van der Waals surface area contributed by atoms with Gasteiger partial charge in [-0.05, 0) is 13.0 Å². The second kappa shape index (κ2) is 5.74. The Morgan fingerprint density at radius 2 is 2.13 bits per heavy atom. The summed E-state index contributed by atoms with van der Waals surface area (Å²) < 4.78 is 9.51. The molecule has 0 unspecified atom stereocenters. The average molecular weight is 208 g/mol. The molecule has 0 spiro atoms. The van der Waals surface area contributed by atoms with Gasteiger partial charge in [0, 0.05) is 24.0 Å². The fourth-order valence-electron chi connectivity index (χ4n) is 0.848. The van der Waals surface area contributed by atoms with Crippen LogP contribution in [-0.4, -0.2) is 29.7 Å². The van der Waals surface area contributed by atoms with E-state index < -0.39 is 5.97 Å². The van der Waals surface area contributed by atoms with E-state index in [1.165, 1.54) is 13.2 Å². The quantitative estimate of drug-likeness (QED) is 0.547. The van der Waals surface area contributed by atoms with Crippen LogP contribution in [0, 0.1) is 0 Å². The van der Waals surface area contributed by atoms with Crippen LogP contribution in [0.1, 0.15) is 12.5 Å². The Kier molecular flexibility index (Phi) is 4.28. The predicted molar refractivity (Wildman–Crippen MR) is 54.3 cm³/mol. The van der Waals surface area contributed by atoms with Crippen LogP contribution < -0.4 is 4.74 Å². The predicted octanol–water partition coefficient (Wildman–Crippen LogP) is 1.06. The summed E-state index contributed by atoms with van der Waals surface area (Å²) in [5, 5.41) is 0. The maximum Gasteiger partial charge on any atom is 0.330 e. The molecule has 0 aliphatic heterocycles. The van der Waals surface area contributed by atoms with Crippen LogP contribution >= 0.6 is 0 Å². The van der Waals surface area contributed by atoms with Crippen molar-refractivity contribution in [3.05, 3.63) is 24.0 Å². The van der Waals surface area contributed by atoms with E-state index in [1.54, 1.807) is 18.5 Å². The highest BCUT2D eigenvalue weighted by atomic mass is 16.5. The lowest BCUT2D eigenvalue weighted by Crippen LogP contribution is -1.97. The number of carbonyl (C=O) groups excluding carboxylic acids is 1. The molecule has 80 valence electrons. The van der Waals surface area contributed by atoms with Crippen LogP contribution in [0.5, 0.6) is 6.01 Å². The molecule has 0 atom stereocenters. The van der Waals surface area contributed by atoms with Gasteiger partial charge in [0.15, 0.2) is 0 Å².